The Morgan fingerprint density at radius 1 is 1.00 bits per heavy atom. The van der Waals surface area contributed by atoms with Gasteiger partial charge in [0, 0.05) is 30.7 Å². The van der Waals surface area contributed by atoms with Gasteiger partial charge in [0.2, 0.25) is 0 Å². The molecule has 3 rings (SSSR count). The summed E-state index contributed by atoms with van der Waals surface area (Å²) >= 11 is 0. The van der Waals surface area contributed by atoms with Gasteiger partial charge in [-0.25, -0.2) is 0 Å². The molecular weight excluding hydrogens is 232 g/mol. The summed E-state index contributed by atoms with van der Waals surface area (Å²) in [6.45, 7) is 8.62. The number of rotatable bonds is 2. The van der Waals surface area contributed by atoms with E-state index in [9.17, 15) is 0 Å². The van der Waals surface area contributed by atoms with Gasteiger partial charge < -0.3 is 5.32 Å². The van der Waals surface area contributed by atoms with Crippen LogP contribution in [0.5, 0.6) is 0 Å². The van der Waals surface area contributed by atoms with E-state index >= 15 is 0 Å². The van der Waals surface area contributed by atoms with Crippen molar-refractivity contribution < 1.29 is 0 Å². The summed E-state index contributed by atoms with van der Waals surface area (Å²) in [7, 11) is 0. The van der Waals surface area contributed by atoms with Gasteiger partial charge in [-0.2, -0.15) is 0 Å². The molecular formula is C17H32N2. The molecule has 1 heterocycles. The Morgan fingerprint density at radius 2 is 1.68 bits per heavy atom. The Morgan fingerprint density at radius 3 is 2.37 bits per heavy atom. The van der Waals surface area contributed by atoms with Crippen LogP contribution in [-0.4, -0.2) is 35.6 Å². The second-order valence-corrected chi connectivity index (χ2v) is 8.05. The van der Waals surface area contributed by atoms with E-state index in [1.165, 1.54) is 77.4 Å². The third-order valence-electron chi connectivity index (χ3n) is 5.89. The summed E-state index contributed by atoms with van der Waals surface area (Å²) in [5, 5.41) is 3.83. The molecule has 2 nitrogen and oxygen atoms in total. The zero-order valence-electron chi connectivity index (χ0n) is 13.0. The van der Waals surface area contributed by atoms with Gasteiger partial charge in [-0.05, 0) is 45.4 Å². The van der Waals surface area contributed by atoms with Crippen LogP contribution in [0.3, 0.4) is 0 Å². The predicted octanol–water partition coefficient (Wildman–Crippen LogP) is 3.56. The van der Waals surface area contributed by atoms with Gasteiger partial charge in [-0.3, -0.25) is 4.90 Å². The molecule has 2 heteroatoms. The van der Waals surface area contributed by atoms with Gasteiger partial charge in [0.15, 0.2) is 0 Å². The highest BCUT2D eigenvalue weighted by atomic mass is 15.3. The summed E-state index contributed by atoms with van der Waals surface area (Å²) in [5.41, 5.74) is 0.817. The van der Waals surface area contributed by atoms with E-state index < -0.39 is 0 Å². The monoisotopic (exact) mass is 264 g/mol. The molecule has 1 N–H and O–H groups in total. The number of piperazine rings is 1. The van der Waals surface area contributed by atoms with E-state index in [-0.39, 0.29) is 0 Å². The average molecular weight is 264 g/mol. The summed E-state index contributed by atoms with van der Waals surface area (Å²) < 4.78 is 0. The first kappa shape index (κ1) is 13.9. The molecule has 1 saturated heterocycles. The maximum absolute atomic E-state index is 3.83. The van der Waals surface area contributed by atoms with Gasteiger partial charge in [-0.1, -0.05) is 32.1 Å². The Bertz CT molecular complexity index is 298. The van der Waals surface area contributed by atoms with Crippen molar-refractivity contribution in [3.8, 4) is 0 Å². The topological polar surface area (TPSA) is 15.3 Å². The van der Waals surface area contributed by atoms with E-state index in [2.05, 4.69) is 24.1 Å². The second kappa shape index (κ2) is 5.37. The van der Waals surface area contributed by atoms with Gasteiger partial charge in [0.25, 0.3) is 0 Å². The molecule has 2 aliphatic carbocycles. The lowest BCUT2D eigenvalue weighted by Crippen LogP contribution is -2.69. The molecule has 1 spiro atoms. The molecule has 0 aromatic carbocycles. The number of nitrogens with one attached hydrogen (secondary N) is 1. The minimum Gasteiger partial charge on any atom is -0.309 e. The number of hydrogen-bond donors (Lipinski definition) is 1. The predicted molar refractivity (Wildman–Crippen MR) is 81.4 cm³/mol. The van der Waals surface area contributed by atoms with Crippen LogP contribution in [0.15, 0.2) is 0 Å². The first-order valence-corrected chi connectivity index (χ1v) is 8.60. The SMILES string of the molecule is CC1(C)CN(CC2CCCC2)C2(CCCCC2)CN1. The fraction of sp³-hybridized carbons (Fsp3) is 1.00. The largest absolute Gasteiger partial charge is 0.309 e. The third-order valence-corrected chi connectivity index (χ3v) is 5.89. The van der Waals surface area contributed by atoms with E-state index in [0.717, 1.165) is 5.92 Å². The van der Waals surface area contributed by atoms with E-state index in [4.69, 9.17) is 0 Å². The normalized spacial score (nSPS) is 31.9. The molecule has 0 bridgehead atoms. The van der Waals surface area contributed by atoms with Crippen LogP contribution in [0, 0.1) is 5.92 Å². The highest BCUT2D eigenvalue weighted by Gasteiger charge is 2.44. The van der Waals surface area contributed by atoms with Crippen molar-refractivity contribution in [1.29, 1.82) is 0 Å². The minimum atomic E-state index is 0.307. The average Bonchev–Trinajstić information content (AvgIpc) is 2.88. The molecule has 2 saturated carbocycles. The summed E-state index contributed by atoms with van der Waals surface area (Å²) in [6, 6.07) is 0. The van der Waals surface area contributed by atoms with E-state index in [0.29, 0.717) is 11.1 Å². The van der Waals surface area contributed by atoms with Crippen molar-refractivity contribution in [2.24, 2.45) is 5.92 Å². The van der Waals surface area contributed by atoms with Crippen molar-refractivity contribution in [1.82, 2.24) is 10.2 Å². The molecule has 0 unspecified atom stereocenters. The first-order valence-electron chi connectivity index (χ1n) is 8.60. The van der Waals surface area contributed by atoms with Gasteiger partial charge >= 0.3 is 0 Å². The van der Waals surface area contributed by atoms with Crippen LogP contribution in [-0.2, 0) is 0 Å². The molecule has 0 aromatic heterocycles. The molecule has 0 atom stereocenters. The summed E-state index contributed by atoms with van der Waals surface area (Å²) in [6.07, 6.45) is 13.2. The second-order valence-electron chi connectivity index (χ2n) is 8.05. The summed E-state index contributed by atoms with van der Waals surface area (Å²) in [5.74, 6) is 0.993. The molecule has 3 aliphatic rings. The van der Waals surface area contributed by atoms with Crippen LogP contribution in [0.25, 0.3) is 0 Å². The third kappa shape index (κ3) is 3.00. The minimum absolute atomic E-state index is 0.307. The zero-order chi connectivity index (χ0) is 13.3. The maximum atomic E-state index is 3.83. The lowest BCUT2D eigenvalue weighted by molar-refractivity contribution is -0.0193. The van der Waals surface area contributed by atoms with Crippen molar-refractivity contribution in [2.75, 3.05) is 19.6 Å². The lowest BCUT2D eigenvalue weighted by Gasteiger charge is -2.55. The molecule has 19 heavy (non-hydrogen) atoms. The molecule has 0 aromatic rings. The van der Waals surface area contributed by atoms with E-state index in [1.807, 2.05) is 0 Å². The van der Waals surface area contributed by atoms with Crippen LogP contribution in [0.2, 0.25) is 0 Å². The smallest absolute Gasteiger partial charge is 0.0335 e. The van der Waals surface area contributed by atoms with Crippen molar-refractivity contribution in [3.05, 3.63) is 0 Å². The zero-order valence-corrected chi connectivity index (χ0v) is 13.0. The number of hydrogen-bond acceptors (Lipinski definition) is 2. The highest BCUT2D eigenvalue weighted by molar-refractivity contribution is 5.04. The standard InChI is InChI=1S/C17H32N2/c1-16(2)14-19(12-15-8-4-5-9-15)17(13-18-16)10-6-3-7-11-17/h15,18H,3-14H2,1-2H3. The Kier molecular flexibility index (Phi) is 3.92. The fourth-order valence-corrected chi connectivity index (χ4v) is 4.68. The first-order chi connectivity index (χ1) is 9.10. The van der Waals surface area contributed by atoms with Gasteiger partial charge in [-0.15, -0.1) is 0 Å². The Balaban J connectivity index is 1.72. The van der Waals surface area contributed by atoms with E-state index in [1.54, 1.807) is 0 Å². The highest BCUT2D eigenvalue weighted by Crippen LogP contribution is 2.39. The maximum Gasteiger partial charge on any atom is 0.0335 e. The fourth-order valence-electron chi connectivity index (χ4n) is 4.68. The van der Waals surface area contributed by atoms with Crippen molar-refractivity contribution in [3.63, 3.8) is 0 Å². The molecule has 0 amide bonds. The van der Waals surface area contributed by atoms with Gasteiger partial charge in [0.05, 0.1) is 0 Å². The van der Waals surface area contributed by atoms with Crippen LogP contribution in [0.1, 0.15) is 71.6 Å². The van der Waals surface area contributed by atoms with Gasteiger partial charge in [0.1, 0.15) is 0 Å². The Hall–Kier alpha value is -0.0800. The number of nitrogens with zero attached hydrogens (tertiary/aromatic N) is 1. The Labute approximate surface area is 119 Å². The molecule has 110 valence electrons. The quantitative estimate of drug-likeness (QED) is 0.820. The van der Waals surface area contributed by atoms with Crippen molar-refractivity contribution >= 4 is 0 Å². The van der Waals surface area contributed by atoms with Crippen LogP contribution < -0.4 is 5.32 Å². The molecule has 3 fully saturated rings. The van der Waals surface area contributed by atoms with Crippen LogP contribution in [0.4, 0.5) is 0 Å². The van der Waals surface area contributed by atoms with Crippen LogP contribution >= 0.6 is 0 Å². The van der Waals surface area contributed by atoms with Crippen molar-refractivity contribution in [2.45, 2.75) is 82.7 Å². The lowest BCUT2D eigenvalue weighted by atomic mass is 9.76. The molecule has 0 radical (unpaired) electrons. The summed E-state index contributed by atoms with van der Waals surface area (Å²) in [4.78, 5) is 2.92. The molecule has 1 aliphatic heterocycles.